The molecule has 1 heterocycles. The number of hydrogen-bond acceptors (Lipinski definition) is 3. The molecule has 0 N–H and O–H groups in total. The molecule has 3 rings (SSSR count). The fourth-order valence-electron chi connectivity index (χ4n) is 3.54. The molecular weight excluding hydrogens is 356 g/mol. The molecular formula is C22H30N2O2S. The van der Waals surface area contributed by atoms with E-state index in [2.05, 4.69) is 63.8 Å². The van der Waals surface area contributed by atoms with Crippen LogP contribution in [-0.2, 0) is 15.4 Å². The van der Waals surface area contributed by atoms with Gasteiger partial charge in [0, 0.05) is 31.4 Å². The minimum atomic E-state index is -3.46. The molecule has 1 fully saturated rings. The predicted molar refractivity (Wildman–Crippen MR) is 112 cm³/mol. The molecule has 5 heteroatoms. The monoisotopic (exact) mass is 386 g/mol. The second-order valence-electron chi connectivity index (χ2n) is 8.52. The zero-order valence-electron chi connectivity index (χ0n) is 16.9. The van der Waals surface area contributed by atoms with Crippen molar-refractivity contribution in [2.45, 2.75) is 51.0 Å². The van der Waals surface area contributed by atoms with E-state index in [1.807, 2.05) is 12.1 Å². The molecule has 1 atom stereocenters. The molecule has 1 saturated heterocycles. The van der Waals surface area contributed by atoms with Crippen molar-refractivity contribution >= 4 is 15.7 Å². The number of hydrogen-bond donors (Lipinski definition) is 0. The number of piperazine rings is 1. The highest BCUT2D eigenvalue weighted by Crippen LogP contribution is 2.27. The normalized spacial score (nSPS) is 19.3. The zero-order valence-corrected chi connectivity index (χ0v) is 17.8. The summed E-state index contributed by atoms with van der Waals surface area (Å²) in [7, 11) is -3.46. The predicted octanol–water partition coefficient (Wildman–Crippen LogP) is 4.19. The fourth-order valence-corrected chi connectivity index (χ4v) is 5.05. The van der Waals surface area contributed by atoms with Crippen molar-refractivity contribution in [3.05, 3.63) is 59.7 Å². The smallest absolute Gasteiger partial charge is 0.243 e. The van der Waals surface area contributed by atoms with Crippen LogP contribution in [0.4, 0.5) is 5.69 Å². The third-order valence-corrected chi connectivity index (χ3v) is 7.19. The largest absolute Gasteiger partial charge is 0.366 e. The highest BCUT2D eigenvalue weighted by molar-refractivity contribution is 7.89. The number of benzene rings is 2. The van der Waals surface area contributed by atoms with Crippen LogP contribution in [0.3, 0.4) is 0 Å². The van der Waals surface area contributed by atoms with Crippen LogP contribution >= 0.6 is 0 Å². The molecule has 0 spiro atoms. The third kappa shape index (κ3) is 4.19. The standard InChI is InChI=1S/C22H30N2O2S/c1-17-6-10-20(11-7-17)24-15-14-23(16-18(24)2)27(25,26)21-12-8-19(9-13-21)22(3,4)5/h6-13,18H,14-16H2,1-5H3. The maximum absolute atomic E-state index is 13.1. The van der Waals surface area contributed by atoms with Crippen molar-refractivity contribution < 1.29 is 8.42 Å². The first-order chi connectivity index (χ1) is 12.6. The lowest BCUT2D eigenvalue weighted by Gasteiger charge is -2.40. The van der Waals surface area contributed by atoms with E-state index in [0.29, 0.717) is 24.5 Å². The van der Waals surface area contributed by atoms with Crippen molar-refractivity contribution in [1.82, 2.24) is 4.31 Å². The Morgan fingerprint density at radius 3 is 2.04 bits per heavy atom. The quantitative estimate of drug-likeness (QED) is 0.794. The molecule has 2 aromatic rings. The Balaban J connectivity index is 1.76. The van der Waals surface area contributed by atoms with Gasteiger partial charge in [-0.1, -0.05) is 50.6 Å². The minimum Gasteiger partial charge on any atom is -0.366 e. The summed E-state index contributed by atoms with van der Waals surface area (Å²) in [5.74, 6) is 0. The van der Waals surface area contributed by atoms with Crippen LogP contribution in [0.5, 0.6) is 0 Å². The Kier molecular flexibility index (Phi) is 5.37. The molecule has 146 valence electrons. The van der Waals surface area contributed by atoms with Gasteiger partial charge in [0.1, 0.15) is 0 Å². The van der Waals surface area contributed by atoms with Gasteiger partial charge in [0.15, 0.2) is 0 Å². The van der Waals surface area contributed by atoms with Gasteiger partial charge < -0.3 is 4.90 Å². The molecule has 0 bridgehead atoms. The van der Waals surface area contributed by atoms with E-state index >= 15 is 0 Å². The Bertz CT molecular complexity index is 881. The number of rotatable bonds is 3. The fraction of sp³-hybridized carbons (Fsp3) is 0.455. The highest BCUT2D eigenvalue weighted by atomic mass is 32.2. The van der Waals surface area contributed by atoms with Gasteiger partial charge in [0.2, 0.25) is 10.0 Å². The molecule has 0 aliphatic carbocycles. The second-order valence-corrected chi connectivity index (χ2v) is 10.5. The van der Waals surface area contributed by atoms with E-state index in [4.69, 9.17) is 0 Å². The number of sulfonamides is 1. The van der Waals surface area contributed by atoms with E-state index < -0.39 is 10.0 Å². The SMILES string of the molecule is Cc1ccc(N2CCN(S(=O)(=O)c3ccc(C(C)(C)C)cc3)CC2C)cc1. The Labute approximate surface area is 163 Å². The maximum Gasteiger partial charge on any atom is 0.243 e. The first kappa shape index (κ1) is 19.9. The van der Waals surface area contributed by atoms with Gasteiger partial charge in [0.05, 0.1) is 4.90 Å². The molecule has 0 amide bonds. The van der Waals surface area contributed by atoms with E-state index in [9.17, 15) is 8.42 Å². The van der Waals surface area contributed by atoms with Crippen LogP contribution in [0.15, 0.2) is 53.4 Å². The minimum absolute atomic E-state index is 0.0104. The lowest BCUT2D eigenvalue weighted by molar-refractivity contribution is 0.342. The lowest BCUT2D eigenvalue weighted by atomic mass is 9.87. The third-order valence-electron chi connectivity index (χ3n) is 5.31. The Hall–Kier alpha value is -1.85. The molecule has 2 aromatic carbocycles. The van der Waals surface area contributed by atoms with Crippen LogP contribution in [0.2, 0.25) is 0 Å². The summed E-state index contributed by atoms with van der Waals surface area (Å²) in [6, 6.07) is 15.9. The Morgan fingerprint density at radius 2 is 1.52 bits per heavy atom. The number of aryl methyl sites for hydroxylation is 1. The topological polar surface area (TPSA) is 40.6 Å². The molecule has 27 heavy (non-hydrogen) atoms. The summed E-state index contributed by atoms with van der Waals surface area (Å²) in [6.45, 7) is 12.2. The Morgan fingerprint density at radius 1 is 0.926 bits per heavy atom. The molecule has 1 aliphatic rings. The van der Waals surface area contributed by atoms with Crippen molar-refractivity contribution in [2.24, 2.45) is 0 Å². The highest BCUT2D eigenvalue weighted by Gasteiger charge is 2.32. The van der Waals surface area contributed by atoms with Crippen molar-refractivity contribution in [3.63, 3.8) is 0 Å². The van der Waals surface area contributed by atoms with Gasteiger partial charge in [-0.25, -0.2) is 8.42 Å². The first-order valence-electron chi connectivity index (χ1n) is 9.53. The van der Waals surface area contributed by atoms with E-state index in [1.165, 1.54) is 5.56 Å². The van der Waals surface area contributed by atoms with Crippen LogP contribution in [0, 0.1) is 6.92 Å². The molecule has 1 unspecified atom stereocenters. The zero-order chi connectivity index (χ0) is 19.8. The van der Waals surface area contributed by atoms with Crippen LogP contribution in [0.25, 0.3) is 0 Å². The van der Waals surface area contributed by atoms with Gasteiger partial charge in [-0.3, -0.25) is 0 Å². The summed E-state index contributed by atoms with van der Waals surface area (Å²) >= 11 is 0. The van der Waals surface area contributed by atoms with E-state index in [1.54, 1.807) is 16.4 Å². The van der Waals surface area contributed by atoms with Gasteiger partial charge in [-0.05, 0) is 49.1 Å². The number of anilines is 1. The molecule has 0 radical (unpaired) electrons. The maximum atomic E-state index is 13.1. The van der Waals surface area contributed by atoms with Gasteiger partial charge in [-0.15, -0.1) is 0 Å². The van der Waals surface area contributed by atoms with Crippen LogP contribution < -0.4 is 4.90 Å². The summed E-state index contributed by atoms with van der Waals surface area (Å²) in [4.78, 5) is 2.67. The average molecular weight is 387 g/mol. The summed E-state index contributed by atoms with van der Waals surface area (Å²) < 4.78 is 27.8. The van der Waals surface area contributed by atoms with Crippen LogP contribution in [0.1, 0.15) is 38.8 Å². The molecule has 0 saturated carbocycles. The lowest BCUT2D eigenvalue weighted by Crippen LogP contribution is -2.53. The van der Waals surface area contributed by atoms with Gasteiger partial charge in [-0.2, -0.15) is 4.31 Å². The number of nitrogens with zero attached hydrogens (tertiary/aromatic N) is 2. The second kappa shape index (κ2) is 7.28. The first-order valence-corrected chi connectivity index (χ1v) is 11.0. The van der Waals surface area contributed by atoms with Crippen LogP contribution in [-0.4, -0.2) is 38.4 Å². The van der Waals surface area contributed by atoms with Gasteiger partial charge >= 0.3 is 0 Å². The summed E-state index contributed by atoms with van der Waals surface area (Å²) in [6.07, 6.45) is 0. The van der Waals surface area contributed by atoms with Crippen molar-refractivity contribution in [2.75, 3.05) is 24.5 Å². The van der Waals surface area contributed by atoms with Gasteiger partial charge in [0.25, 0.3) is 0 Å². The summed E-state index contributed by atoms with van der Waals surface area (Å²) in [5.41, 5.74) is 3.53. The van der Waals surface area contributed by atoms with E-state index in [-0.39, 0.29) is 11.5 Å². The summed E-state index contributed by atoms with van der Waals surface area (Å²) in [5, 5.41) is 0. The molecule has 1 aliphatic heterocycles. The van der Waals surface area contributed by atoms with Crippen molar-refractivity contribution in [3.8, 4) is 0 Å². The molecule has 4 nitrogen and oxygen atoms in total. The van der Waals surface area contributed by atoms with Crippen molar-refractivity contribution in [1.29, 1.82) is 0 Å². The average Bonchev–Trinajstić information content (AvgIpc) is 2.62. The van der Waals surface area contributed by atoms with E-state index in [0.717, 1.165) is 11.3 Å². The molecule has 0 aromatic heterocycles.